The molecule has 0 aliphatic heterocycles. The van der Waals surface area contributed by atoms with E-state index in [1.54, 1.807) is 6.26 Å². The maximum atomic E-state index is 12.6. The number of nitrogens with zero attached hydrogens (tertiary/aromatic N) is 1. The summed E-state index contributed by atoms with van der Waals surface area (Å²) in [5, 5.41) is 0. The Balaban J connectivity index is 2.37. The van der Waals surface area contributed by atoms with E-state index >= 15 is 0 Å². The molecule has 1 aromatic carbocycles. The molecule has 2 rings (SSSR count). The predicted molar refractivity (Wildman–Crippen MR) is 95.6 cm³/mol. The van der Waals surface area contributed by atoms with Gasteiger partial charge in [0.2, 0.25) is 5.78 Å². The summed E-state index contributed by atoms with van der Waals surface area (Å²) < 4.78 is 14.3. The van der Waals surface area contributed by atoms with Crippen molar-refractivity contribution < 1.29 is 9.00 Å². The van der Waals surface area contributed by atoms with Crippen molar-refractivity contribution in [1.29, 1.82) is 0 Å². The number of ketones is 1. The minimum Gasteiger partial charge on any atom is -0.341 e. The molecule has 5 heteroatoms. The first-order valence-electron chi connectivity index (χ1n) is 6.80. The van der Waals surface area contributed by atoms with Gasteiger partial charge in [-0.3, -0.25) is 9.00 Å². The van der Waals surface area contributed by atoms with E-state index in [9.17, 15) is 9.00 Å². The van der Waals surface area contributed by atoms with Gasteiger partial charge in [-0.25, -0.2) is 0 Å². The van der Waals surface area contributed by atoms with E-state index < -0.39 is 10.8 Å². The summed E-state index contributed by atoms with van der Waals surface area (Å²) in [6.07, 6.45) is 5.42. The monoisotopic (exact) mass is 333 g/mol. The van der Waals surface area contributed by atoms with Crippen LogP contribution >= 0.6 is 11.8 Å². The number of thioether (sulfide) groups is 1. The van der Waals surface area contributed by atoms with Crippen LogP contribution in [-0.4, -0.2) is 27.1 Å². The number of carbonyl (C=O) groups is 1. The van der Waals surface area contributed by atoms with Gasteiger partial charge in [0, 0.05) is 24.6 Å². The van der Waals surface area contributed by atoms with Gasteiger partial charge >= 0.3 is 0 Å². The lowest BCUT2D eigenvalue weighted by atomic mass is 10.1. The highest BCUT2D eigenvalue weighted by molar-refractivity contribution is 8.16. The zero-order valence-electron chi connectivity index (χ0n) is 13.1. The van der Waals surface area contributed by atoms with E-state index in [1.807, 2.05) is 67.3 Å². The van der Waals surface area contributed by atoms with Crippen LogP contribution in [0, 0.1) is 6.92 Å². The number of carbonyl (C=O) groups excluding carboxylic acids is 1. The van der Waals surface area contributed by atoms with Gasteiger partial charge in [0.1, 0.15) is 0 Å². The molecule has 1 unspecified atom stereocenters. The Kier molecular flexibility index (Phi) is 5.42. The van der Waals surface area contributed by atoms with Gasteiger partial charge in [-0.15, -0.1) is 11.8 Å². The van der Waals surface area contributed by atoms with Gasteiger partial charge in [0.15, 0.2) is 0 Å². The maximum Gasteiger partial charge on any atom is 0.209 e. The number of hydrogen-bond donors (Lipinski definition) is 0. The molecule has 0 saturated heterocycles. The van der Waals surface area contributed by atoms with Gasteiger partial charge in [-0.05, 0) is 31.4 Å². The van der Waals surface area contributed by atoms with E-state index in [-0.39, 0.29) is 5.78 Å². The van der Waals surface area contributed by atoms with Crippen LogP contribution in [0.5, 0.6) is 0 Å². The minimum absolute atomic E-state index is 0.00882. The highest BCUT2D eigenvalue weighted by Gasteiger charge is 2.14. The predicted octanol–water partition coefficient (Wildman–Crippen LogP) is 3.60. The Morgan fingerprint density at radius 2 is 1.82 bits per heavy atom. The van der Waals surface area contributed by atoms with Gasteiger partial charge in [-0.2, -0.15) is 0 Å². The van der Waals surface area contributed by atoms with E-state index in [0.717, 1.165) is 15.5 Å². The first kappa shape index (κ1) is 16.8. The summed E-state index contributed by atoms with van der Waals surface area (Å²) in [5.41, 5.74) is 3.29. The van der Waals surface area contributed by atoms with E-state index in [2.05, 4.69) is 0 Å². The van der Waals surface area contributed by atoms with Crippen LogP contribution in [0.4, 0.5) is 0 Å². The summed E-state index contributed by atoms with van der Waals surface area (Å²) in [4.78, 5) is 12.6. The topological polar surface area (TPSA) is 39.1 Å². The third-order valence-corrected chi connectivity index (χ3v) is 5.87. The standard InChI is InChI=1S/C17H19NO2S2/c1-12-5-7-13(8-6-12)17(19)15-10-9-14(18(15)2)11-16(21-3)22(4)20/h5-11H,1-4H3. The Morgan fingerprint density at radius 1 is 1.18 bits per heavy atom. The first-order valence-corrected chi connectivity index (χ1v) is 9.58. The normalized spacial score (nSPS) is 13.2. The average molecular weight is 333 g/mol. The second kappa shape index (κ2) is 7.11. The fraction of sp³-hybridized carbons (Fsp3) is 0.235. The summed E-state index contributed by atoms with van der Waals surface area (Å²) >= 11 is 1.46. The Hall–Kier alpha value is -1.59. The molecule has 116 valence electrons. The van der Waals surface area contributed by atoms with E-state index in [1.165, 1.54) is 11.8 Å². The van der Waals surface area contributed by atoms with Gasteiger partial charge < -0.3 is 4.57 Å². The molecule has 0 N–H and O–H groups in total. The van der Waals surface area contributed by atoms with Crippen molar-refractivity contribution in [2.75, 3.05) is 12.5 Å². The largest absolute Gasteiger partial charge is 0.341 e. The lowest BCUT2D eigenvalue weighted by Gasteiger charge is -2.06. The molecule has 3 nitrogen and oxygen atoms in total. The molecule has 2 aromatic rings. The van der Waals surface area contributed by atoms with Crippen molar-refractivity contribution in [2.45, 2.75) is 6.92 Å². The molecule has 22 heavy (non-hydrogen) atoms. The lowest BCUT2D eigenvalue weighted by Crippen LogP contribution is -2.08. The minimum atomic E-state index is -1.03. The van der Waals surface area contributed by atoms with Gasteiger partial charge in [0.25, 0.3) is 0 Å². The number of hydrogen-bond acceptors (Lipinski definition) is 3. The summed E-state index contributed by atoms with van der Waals surface area (Å²) in [5.74, 6) is -0.00882. The van der Waals surface area contributed by atoms with Gasteiger partial charge in [0.05, 0.1) is 20.7 Å². The SMILES string of the molecule is CSC(=Cc1ccc(C(=O)c2ccc(C)cc2)n1C)S(C)=O. The number of rotatable bonds is 5. The highest BCUT2D eigenvalue weighted by atomic mass is 32.2. The van der Waals surface area contributed by atoms with Crippen molar-refractivity contribution >= 4 is 34.4 Å². The molecule has 0 bridgehead atoms. The quantitative estimate of drug-likeness (QED) is 0.785. The molecule has 0 fully saturated rings. The molecular weight excluding hydrogens is 314 g/mol. The lowest BCUT2D eigenvalue weighted by molar-refractivity contribution is 0.103. The molecule has 0 aliphatic carbocycles. The Labute approximate surface area is 137 Å². The maximum absolute atomic E-state index is 12.6. The zero-order chi connectivity index (χ0) is 16.3. The molecule has 0 aliphatic rings. The first-order chi connectivity index (χ1) is 10.4. The van der Waals surface area contributed by atoms with Crippen molar-refractivity contribution in [3.05, 3.63) is 63.2 Å². The van der Waals surface area contributed by atoms with Crippen LogP contribution in [0.3, 0.4) is 0 Å². The van der Waals surface area contributed by atoms with Crippen molar-refractivity contribution in [1.82, 2.24) is 4.57 Å². The molecule has 0 amide bonds. The summed E-state index contributed by atoms with van der Waals surface area (Å²) in [6.45, 7) is 1.99. The van der Waals surface area contributed by atoms with Crippen molar-refractivity contribution in [3.8, 4) is 0 Å². The highest BCUT2D eigenvalue weighted by Crippen LogP contribution is 2.21. The zero-order valence-corrected chi connectivity index (χ0v) is 14.8. The third-order valence-electron chi connectivity index (χ3n) is 3.46. The molecule has 1 heterocycles. The Morgan fingerprint density at radius 3 is 2.36 bits per heavy atom. The van der Waals surface area contributed by atoms with Crippen LogP contribution in [0.15, 0.2) is 40.6 Å². The van der Waals surface area contributed by atoms with Crippen LogP contribution in [-0.2, 0) is 17.8 Å². The number of aryl methyl sites for hydroxylation is 1. The fourth-order valence-corrected chi connectivity index (χ4v) is 3.60. The average Bonchev–Trinajstić information content (AvgIpc) is 2.85. The van der Waals surface area contributed by atoms with Crippen LogP contribution < -0.4 is 0 Å². The smallest absolute Gasteiger partial charge is 0.209 e. The van der Waals surface area contributed by atoms with E-state index in [4.69, 9.17) is 0 Å². The number of aromatic nitrogens is 1. The molecule has 1 aromatic heterocycles. The Bertz CT molecular complexity index is 743. The fourth-order valence-electron chi connectivity index (χ4n) is 2.13. The molecule has 1 atom stereocenters. The van der Waals surface area contributed by atoms with Gasteiger partial charge in [-0.1, -0.05) is 29.8 Å². The molecule has 0 saturated carbocycles. The summed E-state index contributed by atoms with van der Waals surface area (Å²) in [6, 6.07) is 11.2. The summed E-state index contributed by atoms with van der Waals surface area (Å²) in [7, 11) is 0.825. The van der Waals surface area contributed by atoms with Crippen LogP contribution in [0.2, 0.25) is 0 Å². The molecule has 0 radical (unpaired) electrons. The second-order valence-electron chi connectivity index (χ2n) is 5.02. The third kappa shape index (κ3) is 3.59. The second-order valence-corrected chi connectivity index (χ2v) is 7.47. The molecular formula is C17H19NO2S2. The molecule has 0 spiro atoms. The van der Waals surface area contributed by atoms with Crippen molar-refractivity contribution in [2.24, 2.45) is 7.05 Å². The number of benzene rings is 1. The van der Waals surface area contributed by atoms with Crippen molar-refractivity contribution in [3.63, 3.8) is 0 Å². The van der Waals surface area contributed by atoms with Crippen LogP contribution in [0.25, 0.3) is 6.08 Å². The van der Waals surface area contributed by atoms with E-state index in [0.29, 0.717) is 11.3 Å². The van der Waals surface area contributed by atoms with Crippen LogP contribution in [0.1, 0.15) is 27.3 Å².